The second-order valence-electron chi connectivity index (χ2n) is 12.1. The second-order valence-corrected chi connectivity index (χ2v) is 14.0. The topological polar surface area (TPSA) is 110 Å². The van der Waals surface area contributed by atoms with Crippen LogP contribution in [-0.2, 0) is 26.8 Å². The Balaban J connectivity index is 1.24. The first kappa shape index (κ1) is 33.5. The molecule has 244 valence electrons. The number of piperidine rings is 1. The van der Waals surface area contributed by atoms with Gasteiger partial charge in [-0.1, -0.05) is 48.5 Å². The van der Waals surface area contributed by atoms with Crippen LogP contribution in [0.5, 0.6) is 0 Å². The van der Waals surface area contributed by atoms with Crippen LogP contribution in [-0.4, -0.2) is 92.4 Å². The van der Waals surface area contributed by atoms with E-state index in [-0.39, 0.29) is 41.6 Å². The Labute approximate surface area is 270 Å². The van der Waals surface area contributed by atoms with Crippen LogP contribution < -0.4 is 4.72 Å². The van der Waals surface area contributed by atoms with Crippen molar-refractivity contribution in [3.05, 3.63) is 114 Å². The van der Waals surface area contributed by atoms with Crippen molar-refractivity contribution in [1.82, 2.24) is 19.4 Å². The number of likely N-dealkylation sites (tertiary alicyclic amines) is 2. The summed E-state index contributed by atoms with van der Waals surface area (Å²) < 4.78 is 39.9. The van der Waals surface area contributed by atoms with E-state index >= 15 is 0 Å². The number of halogens is 1. The number of benzene rings is 3. The molecule has 0 saturated carbocycles. The number of nitrogens with zero attached hydrogens (tertiary/aromatic N) is 3. The van der Waals surface area contributed by atoms with Gasteiger partial charge in [-0.05, 0) is 67.4 Å². The zero-order chi connectivity index (χ0) is 32.9. The molecule has 3 aromatic rings. The summed E-state index contributed by atoms with van der Waals surface area (Å²) in [4.78, 5) is 32.7. The Morgan fingerprint density at radius 3 is 2.30 bits per heavy atom. The molecule has 0 radical (unpaired) electrons. The number of sulfonamides is 1. The van der Waals surface area contributed by atoms with Gasteiger partial charge in [0.05, 0.1) is 17.9 Å². The number of nitrogens with one attached hydrogen (secondary N) is 1. The van der Waals surface area contributed by atoms with Crippen LogP contribution in [0.15, 0.2) is 96.4 Å². The normalized spacial score (nSPS) is 20.8. The second kappa shape index (κ2) is 14.3. The number of rotatable bonds is 11. The SMILES string of the molecule is C=CCN(C(=O)Cc1ccc(S(=O)(=O)NC)cc1)C1CCN(C[C@H]2CN(C(=O)c3ccc(F)cc3)C[C@]2(O)c2ccccc2)CC1. The van der Waals surface area contributed by atoms with Crippen molar-refractivity contribution in [2.75, 3.05) is 46.3 Å². The van der Waals surface area contributed by atoms with E-state index in [1.165, 1.54) is 43.4 Å². The summed E-state index contributed by atoms with van der Waals surface area (Å²) in [5.74, 6) is -0.958. The van der Waals surface area contributed by atoms with Gasteiger partial charge in [0.1, 0.15) is 11.4 Å². The molecular weight excluding hydrogens is 607 g/mol. The summed E-state index contributed by atoms with van der Waals surface area (Å²) in [6, 6.07) is 21.2. The molecule has 9 nitrogen and oxygen atoms in total. The molecular formula is C35H41FN4O5S. The first-order chi connectivity index (χ1) is 22.0. The maximum atomic E-state index is 13.5. The third-order valence-corrected chi connectivity index (χ3v) is 10.6. The summed E-state index contributed by atoms with van der Waals surface area (Å²) in [6.07, 6.45) is 3.36. The monoisotopic (exact) mass is 648 g/mol. The summed E-state index contributed by atoms with van der Waals surface area (Å²) in [5, 5.41) is 12.1. The molecule has 0 aromatic heterocycles. The van der Waals surface area contributed by atoms with Gasteiger partial charge >= 0.3 is 0 Å². The van der Waals surface area contributed by atoms with Gasteiger partial charge in [-0.2, -0.15) is 0 Å². The third kappa shape index (κ3) is 7.39. The van der Waals surface area contributed by atoms with Crippen molar-refractivity contribution < 1.29 is 27.5 Å². The van der Waals surface area contributed by atoms with Gasteiger partial charge in [-0.25, -0.2) is 17.5 Å². The molecule has 11 heteroatoms. The average molecular weight is 649 g/mol. The van der Waals surface area contributed by atoms with Gasteiger partial charge in [-0.3, -0.25) is 9.59 Å². The highest BCUT2D eigenvalue weighted by Gasteiger charge is 2.48. The lowest BCUT2D eigenvalue weighted by Gasteiger charge is -2.40. The van der Waals surface area contributed by atoms with Crippen LogP contribution in [0.25, 0.3) is 0 Å². The van der Waals surface area contributed by atoms with Crippen molar-refractivity contribution in [2.45, 2.75) is 35.8 Å². The molecule has 2 fully saturated rings. The van der Waals surface area contributed by atoms with Crippen molar-refractivity contribution >= 4 is 21.8 Å². The lowest BCUT2D eigenvalue weighted by atomic mass is 9.83. The molecule has 0 aliphatic carbocycles. The van der Waals surface area contributed by atoms with Gasteiger partial charge < -0.3 is 19.8 Å². The van der Waals surface area contributed by atoms with E-state index in [0.29, 0.717) is 25.2 Å². The van der Waals surface area contributed by atoms with E-state index < -0.39 is 21.4 Å². The van der Waals surface area contributed by atoms with Crippen molar-refractivity contribution in [3.8, 4) is 0 Å². The van der Waals surface area contributed by atoms with E-state index in [4.69, 9.17) is 0 Å². The minimum absolute atomic E-state index is 0.0128. The van der Waals surface area contributed by atoms with E-state index in [1.807, 2.05) is 35.2 Å². The van der Waals surface area contributed by atoms with Gasteiger partial charge in [0, 0.05) is 50.2 Å². The number of β-amino-alcohol motifs (C(OH)–C–C–N with tert-alkyl or cyclic N) is 1. The van der Waals surface area contributed by atoms with Gasteiger partial charge in [0.2, 0.25) is 15.9 Å². The first-order valence-electron chi connectivity index (χ1n) is 15.5. The van der Waals surface area contributed by atoms with Gasteiger partial charge in [0.25, 0.3) is 5.91 Å². The van der Waals surface area contributed by atoms with Crippen LogP contribution in [0.3, 0.4) is 0 Å². The molecule has 2 saturated heterocycles. The van der Waals surface area contributed by atoms with Crippen LogP contribution in [0, 0.1) is 11.7 Å². The zero-order valence-electron chi connectivity index (χ0n) is 26.0. The van der Waals surface area contributed by atoms with Gasteiger partial charge in [0.15, 0.2) is 0 Å². The van der Waals surface area contributed by atoms with Crippen molar-refractivity contribution in [2.24, 2.45) is 5.92 Å². The largest absolute Gasteiger partial charge is 0.383 e. The number of aliphatic hydroxyl groups is 1. The molecule has 5 rings (SSSR count). The number of carbonyl (C=O) groups is 2. The molecule has 3 aromatic carbocycles. The lowest BCUT2D eigenvalue weighted by Crippen LogP contribution is -2.50. The Bertz CT molecular complexity index is 1630. The highest BCUT2D eigenvalue weighted by Crippen LogP contribution is 2.38. The van der Waals surface area contributed by atoms with E-state index in [0.717, 1.165) is 37.1 Å². The number of hydrogen-bond acceptors (Lipinski definition) is 6. The highest BCUT2D eigenvalue weighted by molar-refractivity contribution is 7.89. The average Bonchev–Trinajstić information content (AvgIpc) is 3.41. The minimum Gasteiger partial charge on any atom is -0.383 e. The fourth-order valence-electron chi connectivity index (χ4n) is 6.59. The molecule has 2 aliphatic heterocycles. The third-order valence-electron chi connectivity index (χ3n) is 9.18. The van der Waals surface area contributed by atoms with Crippen LogP contribution in [0.4, 0.5) is 4.39 Å². The zero-order valence-corrected chi connectivity index (χ0v) is 26.8. The minimum atomic E-state index is -3.56. The number of amides is 2. The van der Waals surface area contributed by atoms with Crippen LogP contribution in [0.1, 0.15) is 34.3 Å². The van der Waals surface area contributed by atoms with E-state index in [1.54, 1.807) is 23.1 Å². The molecule has 0 spiro atoms. The predicted octanol–water partition coefficient (Wildman–Crippen LogP) is 3.42. The first-order valence-corrected chi connectivity index (χ1v) is 17.0. The van der Waals surface area contributed by atoms with Crippen molar-refractivity contribution in [3.63, 3.8) is 0 Å². The summed E-state index contributed by atoms with van der Waals surface area (Å²) in [5.41, 5.74) is 0.612. The molecule has 2 amide bonds. The van der Waals surface area contributed by atoms with E-state index in [2.05, 4.69) is 16.2 Å². The highest BCUT2D eigenvalue weighted by atomic mass is 32.2. The quantitative estimate of drug-likeness (QED) is 0.309. The number of hydrogen-bond donors (Lipinski definition) is 2. The molecule has 0 bridgehead atoms. The lowest BCUT2D eigenvalue weighted by molar-refractivity contribution is -0.133. The summed E-state index contributed by atoms with van der Waals surface area (Å²) >= 11 is 0. The fourth-order valence-corrected chi connectivity index (χ4v) is 7.32. The molecule has 0 unspecified atom stereocenters. The Hall–Kier alpha value is -3.90. The standard InChI is InChI=1S/C35H41FN4O5S/c1-3-19-40(33(41)22-26-9-15-32(16-10-26)46(44,45)37-2)31-17-20-38(21-18-31)23-29-24-39(34(42)27-11-13-30(36)14-12-27)25-35(29,43)28-7-5-4-6-8-28/h3-16,29,31,37,43H,1,17-25H2,2H3/t29-,35-/m0/s1. The Morgan fingerprint density at radius 1 is 1.04 bits per heavy atom. The molecule has 2 atom stereocenters. The Kier molecular flexibility index (Phi) is 10.4. The Morgan fingerprint density at radius 2 is 1.70 bits per heavy atom. The predicted molar refractivity (Wildman–Crippen MR) is 174 cm³/mol. The molecule has 2 aliphatic rings. The smallest absolute Gasteiger partial charge is 0.253 e. The van der Waals surface area contributed by atoms with Crippen LogP contribution in [0.2, 0.25) is 0 Å². The van der Waals surface area contributed by atoms with E-state index in [9.17, 15) is 27.5 Å². The van der Waals surface area contributed by atoms with Gasteiger partial charge in [-0.15, -0.1) is 6.58 Å². The van der Waals surface area contributed by atoms with Crippen molar-refractivity contribution in [1.29, 1.82) is 0 Å². The molecule has 2 N–H and O–H groups in total. The van der Waals surface area contributed by atoms with Crippen LogP contribution >= 0.6 is 0 Å². The molecule has 2 heterocycles. The summed E-state index contributed by atoms with van der Waals surface area (Å²) in [6.45, 7) is 6.76. The maximum Gasteiger partial charge on any atom is 0.253 e. The molecule has 46 heavy (non-hydrogen) atoms. The summed E-state index contributed by atoms with van der Waals surface area (Å²) in [7, 11) is -2.20. The fraction of sp³-hybridized carbons (Fsp3) is 0.371. The maximum absolute atomic E-state index is 13.5. The number of carbonyl (C=O) groups excluding carboxylic acids is 2.